The van der Waals surface area contributed by atoms with Gasteiger partial charge in [-0.3, -0.25) is 9.59 Å². The van der Waals surface area contributed by atoms with Crippen molar-refractivity contribution < 1.29 is 9.59 Å². The van der Waals surface area contributed by atoms with E-state index in [1.165, 1.54) is 0 Å². The molecule has 1 atom stereocenters. The Morgan fingerprint density at radius 3 is 2.65 bits per heavy atom. The quantitative estimate of drug-likeness (QED) is 0.628. The third kappa shape index (κ3) is 4.25. The first-order valence-electron chi connectivity index (χ1n) is 10.1. The van der Waals surface area contributed by atoms with Crippen molar-refractivity contribution in [2.75, 3.05) is 5.32 Å². The van der Waals surface area contributed by atoms with Gasteiger partial charge < -0.3 is 10.6 Å². The summed E-state index contributed by atoms with van der Waals surface area (Å²) in [5.41, 5.74) is 3.10. The molecular formula is C24H23Cl2N3O2. The lowest BCUT2D eigenvalue weighted by Crippen LogP contribution is -2.39. The molecule has 160 valence electrons. The van der Waals surface area contributed by atoms with E-state index in [0.29, 0.717) is 51.1 Å². The molecule has 1 aliphatic heterocycles. The molecule has 0 saturated heterocycles. The van der Waals surface area contributed by atoms with E-state index in [1.54, 1.807) is 42.6 Å². The van der Waals surface area contributed by atoms with Crippen LogP contribution >= 0.6 is 23.2 Å². The minimum Gasteiger partial charge on any atom is -0.362 e. The van der Waals surface area contributed by atoms with Gasteiger partial charge in [0.1, 0.15) is 5.82 Å². The van der Waals surface area contributed by atoms with E-state index >= 15 is 0 Å². The summed E-state index contributed by atoms with van der Waals surface area (Å²) < 4.78 is 0. The molecular weight excluding hydrogens is 433 g/mol. The van der Waals surface area contributed by atoms with Gasteiger partial charge in [0, 0.05) is 51.1 Å². The van der Waals surface area contributed by atoms with Crippen molar-refractivity contribution in [1.82, 2.24) is 10.3 Å². The molecule has 1 amide bonds. The van der Waals surface area contributed by atoms with Gasteiger partial charge in [-0.25, -0.2) is 4.98 Å². The zero-order chi connectivity index (χ0) is 22.3. The number of anilines is 1. The van der Waals surface area contributed by atoms with Crippen LogP contribution in [-0.4, -0.2) is 16.7 Å². The minimum atomic E-state index is -0.590. The first kappa shape index (κ1) is 21.6. The molecule has 0 radical (unpaired) electrons. The van der Waals surface area contributed by atoms with E-state index in [1.807, 2.05) is 6.92 Å². The number of Topliss-reactive ketones (excluding diaryl/α,β-unsaturated/α-hetero) is 1. The summed E-state index contributed by atoms with van der Waals surface area (Å²) in [4.78, 5) is 30.9. The Morgan fingerprint density at radius 2 is 1.97 bits per heavy atom. The number of benzene rings is 1. The van der Waals surface area contributed by atoms with Crippen LogP contribution < -0.4 is 10.6 Å². The second-order valence-electron chi connectivity index (χ2n) is 8.76. The van der Waals surface area contributed by atoms with E-state index in [0.717, 1.165) is 5.70 Å². The molecule has 1 aromatic heterocycles. The Morgan fingerprint density at radius 1 is 1.19 bits per heavy atom. The van der Waals surface area contributed by atoms with Crippen LogP contribution in [0.25, 0.3) is 0 Å². The van der Waals surface area contributed by atoms with Crippen LogP contribution in [0, 0.1) is 5.41 Å². The van der Waals surface area contributed by atoms with Gasteiger partial charge in [0.05, 0.1) is 0 Å². The van der Waals surface area contributed by atoms with Crippen molar-refractivity contribution in [3.63, 3.8) is 0 Å². The number of hydrogen-bond donors (Lipinski definition) is 2. The maximum absolute atomic E-state index is 13.4. The number of halogens is 2. The Bertz CT molecular complexity index is 1140. The van der Waals surface area contributed by atoms with Crippen LogP contribution in [0.15, 0.2) is 65.1 Å². The zero-order valence-corrected chi connectivity index (χ0v) is 19.1. The summed E-state index contributed by atoms with van der Waals surface area (Å²) in [6.07, 6.45) is 2.72. The van der Waals surface area contributed by atoms with Gasteiger partial charge in [-0.15, -0.1) is 0 Å². The standard InChI is InChI=1S/C24H23Cl2N3O2/c1-13-20(23(31)29-19-6-4-5-9-27-19)21(15-8-7-14(25)10-16(15)26)22-17(28-13)11-24(2,3)12-18(22)30/h4-10,21,28H,11-12H2,1-3H3,(H,27,29,31). The highest BCUT2D eigenvalue weighted by molar-refractivity contribution is 6.35. The lowest BCUT2D eigenvalue weighted by atomic mass is 9.68. The number of rotatable bonds is 3. The molecule has 4 rings (SSSR count). The number of allylic oxidation sites excluding steroid dienone is 3. The van der Waals surface area contributed by atoms with Gasteiger partial charge in [0.15, 0.2) is 5.78 Å². The third-order valence-electron chi connectivity index (χ3n) is 5.66. The summed E-state index contributed by atoms with van der Waals surface area (Å²) in [6, 6.07) is 10.4. The second kappa shape index (κ2) is 8.13. The normalized spacial score (nSPS) is 20.3. The molecule has 2 N–H and O–H groups in total. The van der Waals surface area contributed by atoms with Crippen LogP contribution in [-0.2, 0) is 9.59 Å². The van der Waals surface area contributed by atoms with Crippen molar-refractivity contribution in [1.29, 1.82) is 0 Å². The molecule has 0 spiro atoms. The molecule has 1 aromatic carbocycles. The van der Waals surface area contributed by atoms with Crippen LogP contribution in [0.4, 0.5) is 5.82 Å². The Balaban J connectivity index is 1.85. The van der Waals surface area contributed by atoms with Crippen LogP contribution in [0.1, 0.15) is 45.1 Å². The minimum absolute atomic E-state index is 0.0189. The number of hydrogen-bond acceptors (Lipinski definition) is 4. The molecule has 5 nitrogen and oxygen atoms in total. The van der Waals surface area contributed by atoms with Crippen molar-refractivity contribution in [3.05, 3.63) is 80.7 Å². The average Bonchev–Trinajstić information content (AvgIpc) is 2.66. The van der Waals surface area contributed by atoms with Gasteiger partial charge >= 0.3 is 0 Å². The van der Waals surface area contributed by atoms with Crippen molar-refractivity contribution >= 4 is 40.7 Å². The molecule has 2 aromatic rings. The fourth-order valence-electron chi connectivity index (χ4n) is 4.40. The van der Waals surface area contributed by atoms with Crippen LogP contribution in [0.5, 0.6) is 0 Å². The first-order valence-corrected chi connectivity index (χ1v) is 10.8. The van der Waals surface area contributed by atoms with E-state index in [2.05, 4.69) is 29.5 Å². The maximum atomic E-state index is 13.4. The van der Waals surface area contributed by atoms with E-state index in [9.17, 15) is 9.59 Å². The highest BCUT2D eigenvalue weighted by Gasteiger charge is 2.43. The van der Waals surface area contributed by atoms with Crippen molar-refractivity contribution in [2.24, 2.45) is 5.41 Å². The predicted octanol–water partition coefficient (Wildman–Crippen LogP) is 5.63. The number of aromatic nitrogens is 1. The molecule has 0 fully saturated rings. The average molecular weight is 456 g/mol. The highest BCUT2D eigenvalue weighted by Crippen LogP contribution is 2.48. The summed E-state index contributed by atoms with van der Waals surface area (Å²) in [5, 5.41) is 7.10. The second-order valence-corrected chi connectivity index (χ2v) is 9.61. The number of pyridine rings is 1. The molecule has 31 heavy (non-hydrogen) atoms. The van der Waals surface area contributed by atoms with Crippen LogP contribution in [0.3, 0.4) is 0 Å². The topological polar surface area (TPSA) is 71.1 Å². The summed E-state index contributed by atoms with van der Waals surface area (Å²) in [5.74, 6) is -0.465. The fraction of sp³-hybridized carbons (Fsp3) is 0.292. The monoisotopic (exact) mass is 455 g/mol. The van der Waals surface area contributed by atoms with E-state index in [-0.39, 0.29) is 17.1 Å². The van der Waals surface area contributed by atoms with Gasteiger partial charge in [0.25, 0.3) is 5.91 Å². The third-order valence-corrected chi connectivity index (χ3v) is 6.23. The molecule has 2 aliphatic rings. The summed E-state index contributed by atoms with van der Waals surface area (Å²) in [6.45, 7) is 5.99. The predicted molar refractivity (Wildman–Crippen MR) is 123 cm³/mol. The number of carbonyl (C=O) groups is 2. The van der Waals surface area contributed by atoms with Gasteiger partial charge in [0.2, 0.25) is 0 Å². The molecule has 7 heteroatoms. The summed E-state index contributed by atoms with van der Waals surface area (Å²) in [7, 11) is 0. The smallest absolute Gasteiger partial charge is 0.255 e. The van der Waals surface area contributed by atoms with Gasteiger partial charge in [-0.05, 0) is 48.6 Å². The van der Waals surface area contributed by atoms with Gasteiger partial charge in [-0.2, -0.15) is 0 Å². The number of carbonyl (C=O) groups excluding carboxylic acids is 2. The molecule has 1 unspecified atom stereocenters. The number of nitrogens with zero attached hydrogens (tertiary/aromatic N) is 1. The number of dihydropyridines is 1. The Kier molecular flexibility index (Phi) is 5.67. The highest BCUT2D eigenvalue weighted by atomic mass is 35.5. The number of amides is 1. The van der Waals surface area contributed by atoms with E-state index in [4.69, 9.17) is 23.2 Å². The Labute approximate surface area is 191 Å². The largest absolute Gasteiger partial charge is 0.362 e. The van der Waals surface area contributed by atoms with E-state index < -0.39 is 5.92 Å². The molecule has 1 aliphatic carbocycles. The number of ketones is 1. The Hall–Kier alpha value is -2.63. The van der Waals surface area contributed by atoms with Crippen molar-refractivity contribution in [2.45, 2.75) is 39.5 Å². The molecule has 0 bridgehead atoms. The lowest BCUT2D eigenvalue weighted by molar-refractivity contribution is -0.118. The number of nitrogens with one attached hydrogen (secondary N) is 2. The summed E-state index contributed by atoms with van der Waals surface area (Å²) >= 11 is 12.7. The maximum Gasteiger partial charge on any atom is 0.255 e. The SMILES string of the molecule is CC1=C(C(=O)Nc2ccccn2)C(c2ccc(Cl)cc2Cl)C2=C(CC(C)(C)CC2=O)N1. The first-order chi connectivity index (χ1) is 14.7. The van der Waals surface area contributed by atoms with Crippen LogP contribution in [0.2, 0.25) is 10.0 Å². The molecule has 0 saturated carbocycles. The van der Waals surface area contributed by atoms with Crippen molar-refractivity contribution in [3.8, 4) is 0 Å². The zero-order valence-electron chi connectivity index (χ0n) is 17.6. The lowest BCUT2D eigenvalue weighted by Gasteiger charge is -2.39. The fourth-order valence-corrected chi connectivity index (χ4v) is 4.92. The van der Waals surface area contributed by atoms with Gasteiger partial charge in [-0.1, -0.05) is 49.2 Å². The molecule has 2 heterocycles.